The Hall–Kier alpha value is -1.64. The van der Waals surface area contributed by atoms with Gasteiger partial charge in [0.1, 0.15) is 0 Å². The van der Waals surface area contributed by atoms with Gasteiger partial charge >= 0.3 is 0 Å². The van der Waals surface area contributed by atoms with Crippen molar-refractivity contribution in [3.8, 4) is 0 Å². The molecule has 2 heteroatoms. The Labute approximate surface area is 177 Å². The number of ether oxygens (including phenoxy) is 1. The highest BCUT2D eigenvalue weighted by atomic mass is 16.5. The second-order valence-electron chi connectivity index (χ2n) is 9.76. The van der Waals surface area contributed by atoms with E-state index in [1.54, 1.807) is 0 Å². The molecule has 1 aliphatic carbocycles. The van der Waals surface area contributed by atoms with E-state index in [1.807, 2.05) is 0 Å². The van der Waals surface area contributed by atoms with E-state index in [0.717, 1.165) is 31.0 Å². The maximum absolute atomic E-state index is 5.95. The quantitative estimate of drug-likeness (QED) is 0.502. The first-order chi connectivity index (χ1) is 14.1. The highest BCUT2D eigenvalue weighted by Crippen LogP contribution is 2.53. The van der Waals surface area contributed by atoms with E-state index in [4.69, 9.17) is 4.74 Å². The lowest BCUT2D eigenvalue weighted by atomic mass is 9.53. The van der Waals surface area contributed by atoms with Crippen molar-refractivity contribution < 1.29 is 4.74 Å². The van der Waals surface area contributed by atoms with E-state index in [9.17, 15) is 0 Å². The summed E-state index contributed by atoms with van der Waals surface area (Å²) in [5.41, 5.74) is 3.26. The SMILES string of the molecule is CC1(C)[C@@H](CCOCc2ccccc2)C[C@H]1CN1CCC(c2ccccc2)CC1. The molecule has 2 aromatic rings. The zero-order valence-corrected chi connectivity index (χ0v) is 18.2. The molecule has 0 bridgehead atoms. The van der Waals surface area contributed by atoms with Crippen LogP contribution >= 0.6 is 0 Å². The Kier molecular flexibility index (Phi) is 6.72. The first kappa shape index (κ1) is 20.6. The molecule has 0 amide bonds. The molecule has 0 N–H and O–H groups in total. The topological polar surface area (TPSA) is 12.5 Å². The van der Waals surface area contributed by atoms with Crippen LogP contribution in [0.2, 0.25) is 0 Å². The summed E-state index contributed by atoms with van der Waals surface area (Å²) in [6.45, 7) is 10.4. The predicted molar refractivity (Wildman–Crippen MR) is 121 cm³/mol. The largest absolute Gasteiger partial charge is 0.377 e. The Balaban J connectivity index is 1.16. The van der Waals surface area contributed by atoms with Crippen LogP contribution in [0, 0.1) is 17.3 Å². The van der Waals surface area contributed by atoms with Crippen molar-refractivity contribution in [1.82, 2.24) is 4.90 Å². The summed E-state index contributed by atoms with van der Waals surface area (Å²) < 4.78 is 5.95. The van der Waals surface area contributed by atoms with Gasteiger partial charge in [-0.3, -0.25) is 0 Å². The summed E-state index contributed by atoms with van der Waals surface area (Å²) in [5, 5.41) is 0. The minimum absolute atomic E-state index is 0.451. The molecule has 2 atom stereocenters. The molecule has 0 aromatic heterocycles. The Bertz CT molecular complexity index is 734. The summed E-state index contributed by atoms with van der Waals surface area (Å²) in [4.78, 5) is 2.73. The van der Waals surface area contributed by atoms with E-state index in [-0.39, 0.29) is 0 Å². The van der Waals surface area contributed by atoms with Crippen molar-refractivity contribution >= 4 is 0 Å². The van der Waals surface area contributed by atoms with Crippen LogP contribution < -0.4 is 0 Å². The van der Waals surface area contributed by atoms with Gasteiger partial charge in [-0.15, -0.1) is 0 Å². The monoisotopic (exact) mass is 391 g/mol. The van der Waals surface area contributed by atoms with Crippen molar-refractivity contribution in [1.29, 1.82) is 0 Å². The second-order valence-corrected chi connectivity index (χ2v) is 9.76. The molecule has 2 fully saturated rings. The van der Waals surface area contributed by atoms with Crippen molar-refractivity contribution in [3.05, 3.63) is 71.8 Å². The lowest BCUT2D eigenvalue weighted by molar-refractivity contribution is -0.0596. The molecule has 2 aliphatic rings. The van der Waals surface area contributed by atoms with E-state index in [0.29, 0.717) is 5.41 Å². The molecule has 156 valence electrons. The number of nitrogens with zero attached hydrogens (tertiary/aromatic N) is 1. The maximum atomic E-state index is 5.95. The fourth-order valence-electron chi connectivity index (χ4n) is 5.40. The Morgan fingerprint density at radius 1 is 0.897 bits per heavy atom. The maximum Gasteiger partial charge on any atom is 0.0716 e. The fourth-order valence-corrected chi connectivity index (χ4v) is 5.40. The Morgan fingerprint density at radius 3 is 2.21 bits per heavy atom. The second kappa shape index (κ2) is 9.45. The molecular weight excluding hydrogens is 354 g/mol. The van der Waals surface area contributed by atoms with Gasteiger partial charge in [-0.2, -0.15) is 0 Å². The van der Waals surface area contributed by atoms with Crippen LogP contribution in [0.4, 0.5) is 0 Å². The smallest absolute Gasteiger partial charge is 0.0716 e. The molecule has 0 radical (unpaired) electrons. The van der Waals surface area contributed by atoms with Crippen LogP contribution in [0.15, 0.2) is 60.7 Å². The van der Waals surface area contributed by atoms with Gasteiger partial charge in [0.15, 0.2) is 0 Å². The minimum Gasteiger partial charge on any atom is -0.377 e. The molecule has 2 nitrogen and oxygen atoms in total. The van der Waals surface area contributed by atoms with Crippen LogP contribution in [0.25, 0.3) is 0 Å². The van der Waals surface area contributed by atoms with Crippen LogP contribution in [0.5, 0.6) is 0 Å². The van der Waals surface area contributed by atoms with E-state index >= 15 is 0 Å². The van der Waals surface area contributed by atoms with Crippen LogP contribution in [0.1, 0.15) is 56.6 Å². The van der Waals surface area contributed by atoms with Gasteiger partial charge in [0.25, 0.3) is 0 Å². The number of piperidine rings is 1. The predicted octanol–water partition coefficient (Wildman–Crippen LogP) is 6.14. The van der Waals surface area contributed by atoms with Gasteiger partial charge in [0, 0.05) is 13.2 Å². The van der Waals surface area contributed by atoms with E-state index in [2.05, 4.69) is 79.4 Å². The normalized spacial score (nSPS) is 24.9. The minimum atomic E-state index is 0.451. The van der Waals surface area contributed by atoms with Gasteiger partial charge in [0.2, 0.25) is 0 Å². The molecule has 1 heterocycles. The van der Waals surface area contributed by atoms with Crippen molar-refractivity contribution in [2.45, 2.75) is 52.1 Å². The van der Waals surface area contributed by atoms with E-state index < -0.39 is 0 Å². The summed E-state index contributed by atoms with van der Waals surface area (Å²) in [6, 6.07) is 21.6. The van der Waals surface area contributed by atoms with Crippen LogP contribution in [-0.4, -0.2) is 31.1 Å². The van der Waals surface area contributed by atoms with Gasteiger partial charge < -0.3 is 9.64 Å². The van der Waals surface area contributed by atoms with Gasteiger partial charge in [-0.1, -0.05) is 74.5 Å². The van der Waals surface area contributed by atoms with E-state index in [1.165, 1.54) is 56.4 Å². The molecule has 0 spiro atoms. The number of likely N-dealkylation sites (tertiary alicyclic amines) is 1. The third-order valence-electron chi connectivity index (χ3n) is 7.73. The van der Waals surface area contributed by atoms with Crippen molar-refractivity contribution in [2.24, 2.45) is 17.3 Å². The standard InChI is InChI=1S/C27H37NO/c1-27(2)25(15-18-29-21-22-9-5-3-6-10-22)19-26(27)20-28-16-13-24(14-17-28)23-11-7-4-8-12-23/h3-12,24-26H,13-21H2,1-2H3/t25-,26-/m0/s1. The fraction of sp³-hybridized carbons (Fsp3) is 0.556. The van der Waals surface area contributed by atoms with Crippen molar-refractivity contribution in [3.63, 3.8) is 0 Å². The van der Waals surface area contributed by atoms with Crippen LogP contribution in [-0.2, 0) is 11.3 Å². The summed E-state index contributed by atoms with van der Waals surface area (Å²) in [6.07, 6.45) is 5.20. The first-order valence-corrected chi connectivity index (χ1v) is 11.5. The van der Waals surface area contributed by atoms with Gasteiger partial charge in [0.05, 0.1) is 6.61 Å². The molecule has 2 aromatic carbocycles. The molecule has 1 saturated heterocycles. The lowest BCUT2D eigenvalue weighted by Crippen LogP contribution is -2.51. The summed E-state index contributed by atoms with van der Waals surface area (Å²) in [5.74, 6) is 2.41. The molecule has 1 saturated carbocycles. The van der Waals surface area contributed by atoms with Gasteiger partial charge in [-0.05, 0) is 73.1 Å². The molecular formula is C27H37NO. The number of hydrogen-bond acceptors (Lipinski definition) is 2. The lowest BCUT2D eigenvalue weighted by Gasteiger charge is -2.54. The third-order valence-corrected chi connectivity index (χ3v) is 7.73. The molecule has 0 unspecified atom stereocenters. The number of rotatable bonds is 8. The highest BCUT2D eigenvalue weighted by molar-refractivity contribution is 5.20. The highest BCUT2D eigenvalue weighted by Gasteiger charge is 2.47. The zero-order valence-electron chi connectivity index (χ0n) is 18.2. The van der Waals surface area contributed by atoms with Crippen LogP contribution in [0.3, 0.4) is 0 Å². The number of hydrogen-bond donors (Lipinski definition) is 0. The average Bonchev–Trinajstić information content (AvgIpc) is 2.77. The van der Waals surface area contributed by atoms with Gasteiger partial charge in [-0.25, -0.2) is 0 Å². The molecule has 1 aliphatic heterocycles. The third kappa shape index (κ3) is 5.10. The average molecular weight is 392 g/mol. The summed E-state index contributed by atoms with van der Waals surface area (Å²) >= 11 is 0. The summed E-state index contributed by atoms with van der Waals surface area (Å²) in [7, 11) is 0. The zero-order chi connectivity index (χ0) is 20.1. The van der Waals surface area contributed by atoms with Crippen molar-refractivity contribution in [2.75, 3.05) is 26.2 Å². The number of benzene rings is 2. The molecule has 4 rings (SSSR count). The molecule has 29 heavy (non-hydrogen) atoms. The Morgan fingerprint density at radius 2 is 1.55 bits per heavy atom. The first-order valence-electron chi connectivity index (χ1n) is 11.5.